The number of nitrogens with zero attached hydrogens (tertiary/aromatic N) is 3. The van der Waals surface area contributed by atoms with E-state index in [1.165, 1.54) is 22.2 Å². The standard InChI is InChI=1S/C21H26N4OS2/c1-15(2)22-20(26)16(3)28-21-24-23-19(14-18-10-7-13-27-18)25(21)12-11-17-8-5-4-6-9-17/h4-10,13,15-16H,11-12,14H2,1-3H3,(H,22,26). The van der Waals surface area contributed by atoms with Crippen molar-refractivity contribution in [3.05, 3.63) is 64.1 Å². The van der Waals surface area contributed by atoms with Crippen LogP contribution in [0.25, 0.3) is 0 Å². The predicted molar refractivity (Wildman–Crippen MR) is 116 cm³/mol. The zero-order valence-electron chi connectivity index (χ0n) is 16.5. The van der Waals surface area contributed by atoms with Crippen molar-refractivity contribution in [2.24, 2.45) is 0 Å². The van der Waals surface area contributed by atoms with E-state index in [9.17, 15) is 4.79 Å². The Kier molecular flexibility index (Phi) is 7.28. The summed E-state index contributed by atoms with van der Waals surface area (Å²) in [6.07, 6.45) is 1.66. The Bertz CT molecular complexity index is 875. The molecule has 0 saturated heterocycles. The first-order valence-corrected chi connectivity index (χ1v) is 11.2. The van der Waals surface area contributed by atoms with Crippen LogP contribution >= 0.6 is 23.1 Å². The van der Waals surface area contributed by atoms with Gasteiger partial charge in [0.15, 0.2) is 5.16 Å². The van der Waals surface area contributed by atoms with Gasteiger partial charge in [-0.25, -0.2) is 0 Å². The fraction of sp³-hybridized carbons (Fsp3) is 0.381. The molecule has 0 aliphatic rings. The van der Waals surface area contributed by atoms with Crippen molar-refractivity contribution in [2.45, 2.75) is 56.6 Å². The molecule has 0 aliphatic heterocycles. The smallest absolute Gasteiger partial charge is 0.233 e. The molecular formula is C21H26N4OS2. The van der Waals surface area contributed by atoms with E-state index in [4.69, 9.17) is 0 Å². The summed E-state index contributed by atoms with van der Waals surface area (Å²) in [6.45, 7) is 6.64. The second kappa shape index (κ2) is 9.89. The normalized spacial score (nSPS) is 12.3. The quantitative estimate of drug-likeness (QED) is 0.534. The number of amides is 1. The number of carbonyl (C=O) groups is 1. The molecule has 3 rings (SSSR count). The number of aromatic nitrogens is 3. The molecule has 5 nitrogen and oxygen atoms in total. The van der Waals surface area contributed by atoms with Crippen molar-refractivity contribution in [2.75, 3.05) is 0 Å². The summed E-state index contributed by atoms with van der Waals surface area (Å²) in [7, 11) is 0. The highest BCUT2D eigenvalue weighted by molar-refractivity contribution is 8.00. The molecule has 1 unspecified atom stereocenters. The van der Waals surface area contributed by atoms with E-state index in [1.807, 2.05) is 26.8 Å². The van der Waals surface area contributed by atoms with Crippen LogP contribution in [0.1, 0.15) is 37.0 Å². The molecule has 0 bridgehead atoms. The van der Waals surface area contributed by atoms with Gasteiger partial charge < -0.3 is 9.88 Å². The first-order valence-electron chi connectivity index (χ1n) is 9.48. The summed E-state index contributed by atoms with van der Waals surface area (Å²) in [6, 6.07) is 14.7. The molecule has 2 aromatic heterocycles. The number of thioether (sulfide) groups is 1. The zero-order valence-corrected chi connectivity index (χ0v) is 18.1. The highest BCUT2D eigenvalue weighted by Gasteiger charge is 2.21. The number of rotatable bonds is 9. The topological polar surface area (TPSA) is 59.8 Å². The molecule has 0 radical (unpaired) electrons. The molecule has 0 aliphatic carbocycles. The summed E-state index contributed by atoms with van der Waals surface area (Å²) in [5.74, 6) is 0.967. The van der Waals surface area contributed by atoms with E-state index in [1.54, 1.807) is 11.3 Å². The van der Waals surface area contributed by atoms with E-state index in [0.29, 0.717) is 0 Å². The van der Waals surface area contributed by atoms with Crippen LogP contribution in [-0.4, -0.2) is 32.0 Å². The van der Waals surface area contributed by atoms with Gasteiger partial charge in [0.25, 0.3) is 0 Å². The lowest BCUT2D eigenvalue weighted by Gasteiger charge is -2.15. The number of thiophene rings is 1. The zero-order chi connectivity index (χ0) is 19.9. The van der Waals surface area contributed by atoms with E-state index in [-0.39, 0.29) is 17.2 Å². The molecule has 1 amide bonds. The maximum absolute atomic E-state index is 12.3. The van der Waals surface area contributed by atoms with Crippen molar-refractivity contribution in [3.8, 4) is 0 Å². The van der Waals surface area contributed by atoms with Gasteiger partial charge in [-0.2, -0.15) is 0 Å². The van der Waals surface area contributed by atoms with Gasteiger partial charge in [0.05, 0.1) is 5.25 Å². The third-order valence-corrected chi connectivity index (χ3v) is 6.21. The molecule has 3 aromatic rings. The van der Waals surface area contributed by atoms with Gasteiger partial charge >= 0.3 is 0 Å². The second-order valence-electron chi connectivity index (χ2n) is 6.97. The number of nitrogens with one attached hydrogen (secondary N) is 1. The van der Waals surface area contributed by atoms with Crippen LogP contribution in [0.2, 0.25) is 0 Å². The SMILES string of the molecule is CC(C)NC(=O)C(C)Sc1nnc(Cc2cccs2)n1CCc1ccccc1. The lowest BCUT2D eigenvalue weighted by Crippen LogP contribution is -2.36. The first-order chi connectivity index (χ1) is 13.5. The van der Waals surface area contributed by atoms with Crippen molar-refractivity contribution >= 4 is 29.0 Å². The number of benzene rings is 1. The third kappa shape index (κ3) is 5.69. The van der Waals surface area contributed by atoms with Crippen molar-refractivity contribution in [3.63, 3.8) is 0 Å². The van der Waals surface area contributed by atoms with Crippen LogP contribution in [0.5, 0.6) is 0 Å². The van der Waals surface area contributed by atoms with Gasteiger partial charge in [-0.05, 0) is 44.2 Å². The van der Waals surface area contributed by atoms with Crippen molar-refractivity contribution in [1.82, 2.24) is 20.1 Å². The Balaban J connectivity index is 1.78. The Morgan fingerprint density at radius 1 is 1.14 bits per heavy atom. The van der Waals surface area contributed by atoms with E-state index >= 15 is 0 Å². The van der Waals surface area contributed by atoms with Crippen molar-refractivity contribution < 1.29 is 4.79 Å². The molecule has 1 aromatic carbocycles. The minimum absolute atomic E-state index is 0.0254. The fourth-order valence-electron chi connectivity index (χ4n) is 2.83. The highest BCUT2D eigenvalue weighted by Crippen LogP contribution is 2.25. The van der Waals surface area contributed by atoms with Gasteiger partial charge in [0, 0.05) is 23.9 Å². The molecule has 28 heavy (non-hydrogen) atoms. The predicted octanol–water partition coefficient (Wildman–Crippen LogP) is 4.18. The van der Waals surface area contributed by atoms with Gasteiger partial charge in [-0.1, -0.05) is 48.2 Å². The van der Waals surface area contributed by atoms with Crippen LogP contribution in [0.3, 0.4) is 0 Å². The Hall–Kier alpha value is -2.12. The van der Waals surface area contributed by atoms with E-state index in [0.717, 1.165) is 30.4 Å². The molecule has 1 atom stereocenters. The average molecular weight is 415 g/mol. The minimum atomic E-state index is -0.225. The molecule has 0 saturated carbocycles. The molecular weight excluding hydrogens is 388 g/mol. The van der Waals surface area contributed by atoms with Crippen LogP contribution < -0.4 is 5.32 Å². The first kappa shape index (κ1) is 20.6. The maximum atomic E-state index is 12.3. The van der Waals surface area contributed by atoms with E-state index in [2.05, 4.69) is 61.9 Å². The number of aryl methyl sites for hydroxylation is 1. The van der Waals surface area contributed by atoms with Crippen molar-refractivity contribution in [1.29, 1.82) is 0 Å². The number of carbonyl (C=O) groups excluding carboxylic acids is 1. The largest absolute Gasteiger partial charge is 0.353 e. The highest BCUT2D eigenvalue weighted by atomic mass is 32.2. The lowest BCUT2D eigenvalue weighted by molar-refractivity contribution is -0.120. The van der Waals surface area contributed by atoms with Crippen LogP contribution in [-0.2, 0) is 24.2 Å². The van der Waals surface area contributed by atoms with Gasteiger partial charge in [0.1, 0.15) is 5.82 Å². The maximum Gasteiger partial charge on any atom is 0.233 e. The number of hydrogen-bond acceptors (Lipinski definition) is 5. The van der Waals surface area contributed by atoms with Crippen LogP contribution in [0, 0.1) is 0 Å². The second-order valence-corrected chi connectivity index (χ2v) is 9.31. The van der Waals surface area contributed by atoms with Gasteiger partial charge in [-0.3, -0.25) is 4.79 Å². The van der Waals surface area contributed by atoms with Gasteiger partial charge in [-0.15, -0.1) is 21.5 Å². The summed E-state index contributed by atoms with van der Waals surface area (Å²) < 4.78 is 2.16. The number of hydrogen-bond donors (Lipinski definition) is 1. The molecule has 2 heterocycles. The summed E-state index contributed by atoms with van der Waals surface area (Å²) in [5.41, 5.74) is 1.28. The molecule has 7 heteroatoms. The van der Waals surface area contributed by atoms with Crippen LogP contribution in [0.15, 0.2) is 53.0 Å². The van der Waals surface area contributed by atoms with Gasteiger partial charge in [0.2, 0.25) is 5.91 Å². The Labute approximate surface area is 174 Å². The molecule has 148 valence electrons. The van der Waals surface area contributed by atoms with E-state index < -0.39 is 0 Å². The molecule has 0 spiro atoms. The lowest BCUT2D eigenvalue weighted by atomic mass is 10.1. The summed E-state index contributed by atoms with van der Waals surface area (Å²) in [4.78, 5) is 13.6. The summed E-state index contributed by atoms with van der Waals surface area (Å²) >= 11 is 3.19. The Morgan fingerprint density at radius 3 is 2.61 bits per heavy atom. The molecule has 1 N–H and O–H groups in total. The average Bonchev–Trinajstić information content (AvgIpc) is 3.31. The third-order valence-electron chi connectivity index (χ3n) is 4.26. The Morgan fingerprint density at radius 2 is 1.93 bits per heavy atom. The monoisotopic (exact) mass is 414 g/mol. The minimum Gasteiger partial charge on any atom is -0.353 e. The fourth-order valence-corrected chi connectivity index (χ4v) is 4.43. The summed E-state index contributed by atoms with van der Waals surface area (Å²) in [5, 5.41) is 14.5. The molecule has 0 fully saturated rings. The van der Waals surface area contributed by atoms with Crippen LogP contribution in [0.4, 0.5) is 0 Å².